The molecule has 28 heavy (non-hydrogen) atoms. The second-order valence-electron chi connectivity index (χ2n) is 8.25. The van der Waals surface area contributed by atoms with Crippen molar-refractivity contribution in [1.29, 1.82) is 0 Å². The number of fused-ring (bicyclic) bond motifs is 7. The van der Waals surface area contributed by atoms with Gasteiger partial charge in [-0.05, 0) is 72.8 Å². The molecule has 0 radical (unpaired) electrons. The fourth-order valence-electron chi connectivity index (χ4n) is 6.09. The van der Waals surface area contributed by atoms with Crippen LogP contribution in [-0.4, -0.2) is 25.3 Å². The molecule has 2 aromatic rings. The summed E-state index contributed by atoms with van der Waals surface area (Å²) in [5.74, 6) is 2.80. The Kier molecular flexibility index (Phi) is 4.00. The molecule has 5 atom stereocenters. The van der Waals surface area contributed by atoms with Gasteiger partial charge < -0.3 is 19.9 Å². The van der Waals surface area contributed by atoms with E-state index in [1.54, 1.807) is 20.3 Å². The lowest BCUT2D eigenvalue weighted by Gasteiger charge is -2.44. The van der Waals surface area contributed by atoms with E-state index in [0.717, 1.165) is 22.7 Å². The van der Waals surface area contributed by atoms with E-state index in [9.17, 15) is 9.90 Å². The zero-order chi connectivity index (χ0) is 19.4. The normalized spacial score (nSPS) is 29.6. The Balaban J connectivity index is 1.65. The summed E-state index contributed by atoms with van der Waals surface area (Å²) in [7, 11) is 3.36. The maximum atomic E-state index is 11.5. The first-order valence-corrected chi connectivity index (χ1v) is 9.97. The number of carbonyl (C=O) groups is 1. The molecule has 2 saturated carbocycles. The Bertz CT molecular complexity index is 940. The molecule has 5 heteroatoms. The predicted molar refractivity (Wildman–Crippen MR) is 106 cm³/mol. The van der Waals surface area contributed by atoms with E-state index in [2.05, 4.69) is 11.4 Å². The number of methoxy groups -OCH3 is 2. The highest BCUT2D eigenvalue weighted by molar-refractivity contribution is 5.89. The quantitative estimate of drug-likeness (QED) is 0.806. The minimum atomic E-state index is -0.862. The topological polar surface area (TPSA) is 67.8 Å². The first-order valence-electron chi connectivity index (χ1n) is 9.97. The van der Waals surface area contributed by atoms with E-state index in [4.69, 9.17) is 9.47 Å². The summed E-state index contributed by atoms with van der Waals surface area (Å²) in [5, 5.41) is 13.2. The number of hydrogen-bond acceptors (Lipinski definition) is 4. The smallest absolute Gasteiger partial charge is 0.335 e. The first-order chi connectivity index (χ1) is 13.6. The van der Waals surface area contributed by atoms with Crippen molar-refractivity contribution in [3.63, 3.8) is 0 Å². The maximum absolute atomic E-state index is 11.5. The van der Waals surface area contributed by atoms with Crippen LogP contribution in [0.3, 0.4) is 0 Å². The van der Waals surface area contributed by atoms with Crippen LogP contribution >= 0.6 is 0 Å². The predicted octanol–water partition coefficient (Wildman–Crippen LogP) is 4.70. The van der Waals surface area contributed by atoms with Crippen LogP contribution in [0.4, 0.5) is 5.69 Å². The van der Waals surface area contributed by atoms with Crippen molar-refractivity contribution >= 4 is 11.7 Å². The van der Waals surface area contributed by atoms with Gasteiger partial charge in [-0.15, -0.1) is 0 Å². The number of carboxylic acid groups (broad SMARTS) is 1. The van der Waals surface area contributed by atoms with Crippen LogP contribution < -0.4 is 14.8 Å². The fourth-order valence-corrected chi connectivity index (χ4v) is 6.09. The monoisotopic (exact) mass is 379 g/mol. The van der Waals surface area contributed by atoms with Crippen LogP contribution in [0.5, 0.6) is 11.5 Å². The number of nitrogens with one attached hydrogen (secondary N) is 1. The van der Waals surface area contributed by atoms with Gasteiger partial charge in [-0.1, -0.05) is 12.1 Å². The molecular formula is C23H25NO4. The SMILES string of the molecule is COc1cccc([C@H]2Nc3ccc(C(=O)O)cc3[C@H]3[C@H]4CC[C@@H](C4)[C@H]32)c1OC. The van der Waals surface area contributed by atoms with Crippen molar-refractivity contribution in [3.8, 4) is 11.5 Å². The van der Waals surface area contributed by atoms with Gasteiger partial charge in [0.15, 0.2) is 11.5 Å². The van der Waals surface area contributed by atoms with Gasteiger partial charge in [-0.3, -0.25) is 0 Å². The third-order valence-corrected chi connectivity index (χ3v) is 7.10. The fraction of sp³-hybridized carbons (Fsp3) is 0.435. The zero-order valence-electron chi connectivity index (χ0n) is 16.1. The third-order valence-electron chi connectivity index (χ3n) is 7.10. The van der Waals surface area contributed by atoms with Gasteiger partial charge in [0.1, 0.15) is 0 Å². The number of rotatable bonds is 4. The van der Waals surface area contributed by atoms with Crippen molar-refractivity contribution in [1.82, 2.24) is 0 Å². The van der Waals surface area contributed by atoms with Crippen LogP contribution in [-0.2, 0) is 0 Å². The largest absolute Gasteiger partial charge is 0.493 e. The van der Waals surface area contributed by atoms with Crippen molar-refractivity contribution in [3.05, 3.63) is 53.1 Å². The van der Waals surface area contributed by atoms with Crippen molar-refractivity contribution in [2.45, 2.75) is 31.2 Å². The van der Waals surface area contributed by atoms with Crippen molar-refractivity contribution in [2.75, 3.05) is 19.5 Å². The third kappa shape index (κ3) is 2.42. The van der Waals surface area contributed by atoms with Gasteiger partial charge in [-0.2, -0.15) is 0 Å². The van der Waals surface area contributed by atoms with Gasteiger partial charge in [0.05, 0.1) is 25.8 Å². The lowest BCUT2D eigenvalue weighted by molar-refractivity contribution is 0.0696. The molecule has 0 aromatic heterocycles. The number of para-hydroxylation sites is 1. The van der Waals surface area contributed by atoms with E-state index in [1.807, 2.05) is 24.3 Å². The highest BCUT2D eigenvalue weighted by atomic mass is 16.5. The molecule has 5 rings (SSSR count). The van der Waals surface area contributed by atoms with Gasteiger partial charge in [0.2, 0.25) is 0 Å². The summed E-state index contributed by atoms with van der Waals surface area (Å²) in [6.45, 7) is 0. The molecule has 2 bridgehead atoms. The van der Waals surface area contributed by atoms with E-state index in [0.29, 0.717) is 29.2 Å². The van der Waals surface area contributed by atoms with Gasteiger partial charge in [0.25, 0.3) is 0 Å². The molecule has 146 valence electrons. The van der Waals surface area contributed by atoms with E-state index in [1.165, 1.54) is 24.8 Å². The van der Waals surface area contributed by atoms with E-state index in [-0.39, 0.29) is 6.04 Å². The second kappa shape index (κ2) is 6.43. The Labute approximate surface area is 164 Å². The molecule has 0 amide bonds. The van der Waals surface area contributed by atoms with E-state index >= 15 is 0 Å². The van der Waals surface area contributed by atoms with Gasteiger partial charge in [0, 0.05) is 11.3 Å². The van der Waals surface area contributed by atoms with Crippen molar-refractivity contribution in [2.24, 2.45) is 17.8 Å². The number of anilines is 1. The average molecular weight is 379 g/mol. The lowest BCUT2D eigenvalue weighted by Crippen LogP contribution is -2.35. The molecule has 3 aliphatic rings. The molecule has 0 spiro atoms. The summed E-state index contributed by atoms with van der Waals surface area (Å²) in [6.07, 6.45) is 3.73. The maximum Gasteiger partial charge on any atom is 0.335 e. The minimum Gasteiger partial charge on any atom is -0.493 e. The first kappa shape index (κ1) is 17.4. The Morgan fingerprint density at radius 2 is 1.89 bits per heavy atom. The number of carboxylic acids is 1. The van der Waals surface area contributed by atoms with Crippen molar-refractivity contribution < 1.29 is 19.4 Å². The Hall–Kier alpha value is -2.69. The highest BCUT2D eigenvalue weighted by Crippen LogP contribution is 2.64. The summed E-state index contributed by atoms with van der Waals surface area (Å²) < 4.78 is 11.3. The second-order valence-corrected chi connectivity index (χ2v) is 8.25. The standard InChI is InChI=1S/C23H25NO4/c1-27-18-5-3-4-15(22(18)28-2)21-20-13-7-6-12(10-13)19(20)16-11-14(23(25)26)8-9-17(16)24-21/h3-5,8-9,11-13,19-21,24H,6-7,10H2,1-2H3,(H,25,26)/t12-,13-,19+,20+,21+/m0/s1. The molecule has 2 N–H and O–H groups in total. The van der Waals surface area contributed by atoms with Crippen LogP contribution in [0.1, 0.15) is 52.7 Å². The zero-order valence-corrected chi connectivity index (χ0v) is 16.1. The number of benzene rings is 2. The minimum absolute atomic E-state index is 0.133. The van der Waals surface area contributed by atoms with Crippen LogP contribution in [0.15, 0.2) is 36.4 Å². The summed E-state index contributed by atoms with van der Waals surface area (Å²) in [5.41, 5.74) is 3.72. The molecule has 5 nitrogen and oxygen atoms in total. The average Bonchev–Trinajstić information content (AvgIpc) is 3.34. The van der Waals surface area contributed by atoms with Crippen LogP contribution in [0.25, 0.3) is 0 Å². The van der Waals surface area contributed by atoms with Gasteiger partial charge in [-0.25, -0.2) is 4.79 Å². The number of ether oxygens (including phenoxy) is 2. The molecule has 1 aliphatic heterocycles. The summed E-state index contributed by atoms with van der Waals surface area (Å²) >= 11 is 0. The van der Waals surface area contributed by atoms with E-state index < -0.39 is 5.97 Å². The molecular weight excluding hydrogens is 354 g/mol. The molecule has 1 heterocycles. The van der Waals surface area contributed by atoms with Crippen LogP contribution in [0, 0.1) is 17.8 Å². The lowest BCUT2D eigenvalue weighted by atomic mass is 9.67. The highest BCUT2D eigenvalue weighted by Gasteiger charge is 2.54. The molecule has 2 aliphatic carbocycles. The number of aromatic carboxylic acids is 1. The molecule has 2 aromatic carbocycles. The van der Waals surface area contributed by atoms with Gasteiger partial charge >= 0.3 is 5.97 Å². The van der Waals surface area contributed by atoms with Crippen LogP contribution in [0.2, 0.25) is 0 Å². The summed E-state index contributed by atoms with van der Waals surface area (Å²) in [4.78, 5) is 11.5. The Morgan fingerprint density at radius 1 is 1.07 bits per heavy atom. The molecule has 0 unspecified atom stereocenters. The summed E-state index contributed by atoms with van der Waals surface area (Å²) in [6, 6.07) is 11.7. The number of hydrogen-bond donors (Lipinski definition) is 2. The molecule has 2 fully saturated rings. The Morgan fingerprint density at radius 3 is 2.64 bits per heavy atom. The molecule has 0 saturated heterocycles.